The second-order valence-electron chi connectivity index (χ2n) is 4.25. The summed E-state index contributed by atoms with van der Waals surface area (Å²) in [4.78, 5) is 15.9. The van der Waals surface area contributed by atoms with Gasteiger partial charge in [-0.15, -0.1) is 0 Å². The first-order valence-electron chi connectivity index (χ1n) is 5.83. The highest BCUT2D eigenvalue weighted by Crippen LogP contribution is 2.14. The van der Waals surface area contributed by atoms with Gasteiger partial charge < -0.3 is 11.1 Å². The molecule has 0 bridgehead atoms. The number of nitrogen functional groups attached to an aromatic ring is 1. The molecular formula is C14H14FN3O. The third-order valence-electron chi connectivity index (χ3n) is 2.74. The lowest BCUT2D eigenvalue weighted by molar-refractivity contribution is 0.0939. The van der Waals surface area contributed by atoms with Crippen molar-refractivity contribution in [3.63, 3.8) is 0 Å². The SMILES string of the molecule is CC(NC(=O)c1cc(N)cc(F)c1)c1ccncc1. The Morgan fingerprint density at radius 1 is 1.32 bits per heavy atom. The number of hydrogen-bond acceptors (Lipinski definition) is 3. The summed E-state index contributed by atoms with van der Waals surface area (Å²) >= 11 is 0. The Bertz CT molecular complexity index is 566. The fourth-order valence-corrected chi connectivity index (χ4v) is 1.76. The van der Waals surface area contributed by atoms with Crippen molar-refractivity contribution in [1.29, 1.82) is 0 Å². The van der Waals surface area contributed by atoms with E-state index in [0.29, 0.717) is 0 Å². The lowest BCUT2D eigenvalue weighted by Gasteiger charge is -2.14. The molecule has 1 heterocycles. The van der Waals surface area contributed by atoms with Gasteiger partial charge in [-0.2, -0.15) is 0 Å². The van der Waals surface area contributed by atoms with E-state index in [0.717, 1.165) is 11.6 Å². The molecule has 1 aromatic heterocycles. The molecule has 1 atom stereocenters. The summed E-state index contributed by atoms with van der Waals surface area (Å²) in [6.07, 6.45) is 3.30. The number of rotatable bonds is 3. The molecule has 1 unspecified atom stereocenters. The highest BCUT2D eigenvalue weighted by molar-refractivity contribution is 5.95. The van der Waals surface area contributed by atoms with Crippen LogP contribution >= 0.6 is 0 Å². The van der Waals surface area contributed by atoms with E-state index in [1.165, 1.54) is 12.1 Å². The number of nitrogens with one attached hydrogen (secondary N) is 1. The molecule has 0 aliphatic carbocycles. The van der Waals surface area contributed by atoms with Crippen LogP contribution in [0.5, 0.6) is 0 Å². The van der Waals surface area contributed by atoms with E-state index in [1.807, 2.05) is 19.1 Å². The summed E-state index contributed by atoms with van der Waals surface area (Å²) in [6.45, 7) is 1.84. The number of carbonyl (C=O) groups excluding carboxylic acids is 1. The van der Waals surface area contributed by atoms with E-state index in [2.05, 4.69) is 10.3 Å². The molecule has 4 nitrogen and oxygen atoms in total. The van der Waals surface area contributed by atoms with Crippen molar-refractivity contribution < 1.29 is 9.18 Å². The van der Waals surface area contributed by atoms with Crippen molar-refractivity contribution in [3.8, 4) is 0 Å². The molecule has 0 spiro atoms. The smallest absolute Gasteiger partial charge is 0.251 e. The molecule has 0 saturated heterocycles. The quantitative estimate of drug-likeness (QED) is 0.831. The van der Waals surface area contributed by atoms with E-state index in [4.69, 9.17) is 5.73 Å². The Kier molecular flexibility index (Phi) is 3.75. The molecule has 2 rings (SSSR count). The van der Waals surface area contributed by atoms with Crippen LogP contribution in [0.15, 0.2) is 42.7 Å². The number of nitrogens with two attached hydrogens (primary N) is 1. The fourth-order valence-electron chi connectivity index (χ4n) is 1.76. The number of amides is 1. The Hall–Kier alpha value is -2.43. The summed E-state index contributed by atoms with van der Waals surface area (Å²) in [5.74, 6) is -0.891. The second kappa shape index (κ2) is 5.48. The van der Waals surface area contributed by atoms with E-state index in [1.54, 1.807) is 12.4 Å². The molecule has 98 valence electrons. The number of nitrogens with zero attached hydrogens (tertiary/aromatic N) is 1. The highest BCUT2D eigenvalue weighted by Gasteiger charge is 2.12. The van der Waals surface area contributed by atoms with Gasteiger partial charge in [-0.25, -0.2) is 4.39 Å². The molecule has 1 amide bonds. The largest absolute Gasteiger partial charge is 0.399 e. The van der Waals surface area contributed by atoms with E-state index in [9.17, 15) is 9.18 Å². The van der Waals surface area contributed by atoms with Gasteiger partial charge in [-0.3, -0.25) is 9.78 Å². The number of carbonyl (C=O) groups is 1. The average Bonchev–Trinajstić information content (AvgIpc) is 2.38. The van der Waals surface area contributed by atoms with Gasteiger partial charge in [0.05, 0.1) is 6.04 Å². The van der Waals surface area contributed by atoms with Gasteiger partial charge in [0.15, 0.2) is 0 Å². The van der Waals surface area contributed by atoms with Crippen LogP contribution in [0.3, 0.4) is 0 Å². The van der Waals surface area contributed by atoms with Crippen LogP contribution in [0, 0.1) is 5.82 Å². The van der Waals surface area contributed by atoms with Gasteiger partial charge in [0.1, 0.15) is 5.82 Å². The van der Waals surface area contributed by atoms with Gasteiger partial charge in [0, 0.05) is 23.6 Å². The lowest BCUT2D eigenvalue weighted by Crippen LogP contribution is -2.26. The third-order valence-corrected chi connectivity index (χ3v) is 2.74. The normalized spacial score (nSPS) is 11.9. The minimum absolute atomic E-state index is 0.194. The standard InChI is InChI=1S/C14H14FN3O/c1-9(10-2-4-17-5-3-10)18-14(19)11-6-12(15)8-13(16)7-11/h2-9H,16H2,1H3,(H,18,19). The zero-order valence-corrected chi connectivity index (χ0v) is 10.4. The zero-order valence-electron chi connectivity index (χ0n) is 10.4. The number of anilines is 1. The van der Waals surface area contributed by atoms with Gasteiger partial charge in [-0.05, 0) is 42.8 Å². The summed E-state index contributed by atoms with van der Waals surface area (Å²) in [5.41, 5.74) is 6.87. The van der Waals surface area contributed by atoms with Crippen LogP contribution in [-0.4, -0.2) is 10.9 Å². The first-order chi connectivity index (χ1) is 9.06. The van der Waals surface area contributed by atoms with Gasteiger partial charge in [0.25, 0.3) is 5.91 Å². The zero-order chi connectivity index (χ0) is 13.8. The minimum Gasteiger partial charge on any atom is -0.399 e. The fraction of sp³-hybridized carbons (Fsp3) is 0.143. The number of benzene rings is 1. The maximum absolute atomic E-state index is 13.2. The van der Waals surface area contributed by atoms with Gasteiger partial charge >= 0.3 is 0 Å². The summed E-state index contributed by atoms with van der Waals surface area (Å²) in [6, 6.07) is 7.20. The number of pyridine rings is 1. The Balaban J connectivity index is 2.13. The molecule has 0 radical (unpaired) electrons. The van der Waals surface area contributed by atoms with Crippen LogP contribution in [0.1, 0.15) is 28.9 Å². The van der Waals surface area contributed by atoms with Crippen molar-refractivity contribution in [2.75, 3.05) is 5.73 Å². The van der Waals surface area contributed by atoms with E-state index < -0.39 is 5.82 Å². The summed E-state index contributed by atoms with van der Waals surface area (Å²) in [5, 5.41) is 2.78. The first kappa shape index (κ1) is 13.0. The van der Waals surface area contributed by atoms with Crippen LogP contribution in [0.2, 0.25) is 0 Å². The molecule has 0 aliphatic heterocycles. The maximum atomic E-state index is 13.2. The molecule has 19 heavy (non-hydrogen) atoms. The molecule has 0 fully saturated rings. The molecule has 5 heteroatoms. The van der Waals surface area contributed by atoms with Gasteiger partial charge in [-0.1, -0.05) is 0 Å². The number of halogens is 1. The van der Waals surface area contributed by atoms with Crippen molar-refractivity contribution in [2.45, 2.75) is 13.0 Å². The van der Waals surface area contributed by atoms with Crippen LogP contribution in [0.4, 0.5) is 10.1 Å². The van der Waals surface area contributed by atoms with E-state index in [-0.39, 0.29) is 23.2 Å². The Morgan fingerprint density at radius 3 is 2.63 bits per heavy atom. The topological polar surface area (TPSA) is 68.0 Å². The predicted octanol–water partition coefficient (Wildman–Crippen LogP) is 2.29. The minimum atomic E-state index is -0.526. The predicted molar refractivity (Wildman–Crippen MR) is 70.9 cm³/mol. The Labute approximate surface area is 110 Å². The van der Waals surface area contributed by atoms with Crippen LogP contribution in [-0.2, 0) is 0 Å². The number of hydrogen-bond donors (Lipinski definition) is 2. The highest BCUT2D eigenvalue weighted by atomic mass is 19.1. The third kappa shape index (κ3) is 3.28. The molecule has 0 aliphatic rings. The van der Waals surface area contributed by atoms with Crippen LogP contribution in [0.25, 0.3) is 0 Å². The molecular weight excluding hydrogens is 245 g/mol. The maximum Gasteiger partial charge on any atom is 0.251 e. The summed E-state index contributed by atoms with van der Waals surface area (Å²) < 4.78 is 13.2. The lowest BCUT2D eigenvalue weighted by atomic mass is 10.1. The van der Waals surface area contributed by atoms with Crippen molar-refractivity contribution in [1.82, 2.24) is 10.3 Å². The molecule has 2 aromatic rings. The van der Waals surface area contributed by atoms with Crippen molar-refractivity contribution >= 4 is 11.6 Å². The second-order valence-corrected chi connectivity index (χ2v) is 4.25. The average molecular weight is 259 g/mol. The van der Waals surface area contributed by atoms with Crippen molar-refractivity contribution in [3.05, 3.63) is 59.7 Å². The molecule has 1 aromatic carbocycles. The Morgan fingerprint density at radius 2 is 2.00 bits per heavy atom. The molecule has 3 N–H and O–H groups in total. The molecule has 0 saturated carbocycles. The van der Waals surface area contributed by atoms with Crippen molar-refractivity contribution in [2.24, 2.45) is 0 Å². The van der Waals surface area contributed by atoms with Crippen LogP contribution < -0.4 is 11.1 Å². The van der Waals surface area contributed by atoms with E-state index >= 15 is 0 Å². The monoisotopic (exact) mass is 259 g/mol. The summed E-state index contributed by atoms with van der Waals surface area (Å²) in [7, 11) is 0. The van der Waals surface area contributed by atoms with Gasteiger partial charge in [0.2, 0.25) is 0 Å². The number of aromatic nitrogens is 1. The first-order valence-corrected chi connectivity index (χ1v) is 5.83.